The first-order valence-corrected chi connectivity index (χ1v) is 15.6. The molecule has 0 aliphatic carbocycles. The van der Waals surface area contributed by atoms with E-state index in [9.17, 15) is 19.5 Å². The largest absolute Gasteiger partial charge is 0.394 e. The number of likely N-dealkylation sites (tertiary alicyclic amines) is 1. The zero-order valence-corrected chi connectivity index (χ0v) is 26.3. The van der Waals surface area contributed by atoms with Crippen molar-refractivity contribution in [1.82, 2.24) is 9.80 Å². The van der Waals surface area contributed by atoms with Gasteiger partial charge in [-0.3, -0.25) is 14.4 Å². The van der Waals surface area contributed by atoms with Gasteiger partial charge in [0.2, 0.25) is 11.8 Å². The van der Waals surface area contributed by atoms with Gasteiger partial charge in [-0.25, -0.2) is 0 Å². The van der Waals surface area contributed by atoms with Gasteiger partial charge < -0.3 is 24.5 Å². The van der Waals surface area contributed by atoms with E-state index in [0.717, 1.165) is 22.4 Å². The van der Waals surface area contributed by atoms with Gasteiger partial charge >= 0.3 is 0 Å². The minimum atomic E-state index is -1.18. The van der Waals surface area contributed by atoms with E-state index >= 15 is 0 Å². The molecule has 44 heavy (non-hydrogen) atoms. The van der Waals surface area contributed by atoms with Crippen LogP contribution in [0.15, 0.2) is 73.8 Å². The number of ether oxygens (including phenoxy) is 1. The number of aliphatic hydroxyl groups excluding tert-OH is 1. The van der Waals surface area contributed by atoms with Gasteiger partial charge in [-0.2, -0.15) is 0 Å². The second-order valence-electron chi connectivity index (χ2n) is 12.8. The molecule has 8 heteroatoms. The highest BCUT2D eigenvalue weighted by Gasteiger charge is 2.75. The van der Waals surface area contributed by atoms with Crippen LogP contribution < -0.4 is 4.90 Å². The molecule has 2 bridgehead atoms. The molecule has 2 unspecified atom stereocenters. The van der Waals surface area contributed by atoms with Gasteiger partial charge in [0.05, 0.1) is 30.6 Å². The number of anilines is 1. The van der Waals surface area contributed by atoms with Crippen molar-refractivity contribution in [3.63, 3.8) is 0 Å². The predicted octanol–water partition coefficient (Wildman–Crippen LogP) is 4.43. The predicted molar refractivity (Wildman–Crippen MR) is 171 cm³/mol. The van der Waals surface area contributed by atoms with E-state index in [4.69, 9.17) is 4.74 Å². The summed E-state index contributed by atoms with van der Waals surface area (Å²) in [5.74, 6) is -2.45. The fourth-order valence-corrected chi connectivity index (χ4v) is 7.83. The Labute approximate surface area is 261 Å². The van der Waals surface area contributed by atoms with Crippen molar-refractivity contribution < 1.29 is 24.2 Å². The lowest BCUT2D eigenvalue weighted by atomic mass is 9.70. The number of para-hydroxylation sites is 1. The van der Waals surface area contributed by atoms with Gasteiger partial charge in [0.1, 0.15) is 11.6 Å². The van der Waals surface area contributed by atoms with Crippen LogP contribution in [0.5, 0.6) is 0 Å². The highest BCUT2D eigenvalue weighted by atomic mass is 16.5. The number of rotatable bonds is 12. The molecule has 234 valence electrons. The topological polar surface area (TPSA) is 90.4 Å². The summed E-state index contributed by atoms with van der Waals surface area (Å²) >= 11 is 0. The van der Waals surface area contributed by atoms with E-state index in [-0.39, 0.29) is 36.8 Å². The molecule has 3 amide bonds. The van der Waals surface area contributed by atoms with E-state index in [0.29, 0.717) is 25.9 Å². The lowest BCUT2D eigenvalue weighted by Gasteiger charge is -2.41. The number of carbonyl (C=O) groups is 3. The third-order valence-electron chi connectivity index (χ3n) is 9.74. The summed E-state index contributed by atoms with van der Waals surface area (Å²) in [6, 6.07) is 14.0. The highest BCUT2D eigenvalue weighted by molar-refractivity contribution is 6.05. The van der Waals surface area contributed by atoms with Crippen molar-refractivity contribution in [1.29, 1.82) is 0 Å². The van der Waals surface area contributed by atoms with Crippen LogP contribution in [-0.4, -0.2) is 76.1 Å². The number of amides is 3. The average Bonchev–Trinajstić information content (AvgIpc) is 3.64. The molecule has 0 aromatic heterocycles. The molecule has 6 atom stereocenters. The molecule has 8 nitrogen and oxygen atoms in total. The number of aliphatic hydroxyl groups is 1. The lowest BCUT2D eigenvalue weighted by Crippen LogP contribution is -2.60. The van der Waals surface area contributed by atoms with Gasteiger partial charge in [-0.15, -0.1) is 13.2 Å². The molecule has 0 saturated carbocycles. The molecule has 1 N–H and O–H groups in total. The summed E-state index contributed by atoms with van der Waals surface area (Å²) in [6.45, 7) is 16.2. The molecule has 0 radical (unpaired) electrons. The van der Waals surface area contributed by atoms with Crippen molar-refractivity contribution in [3.05, 3.63) is 90.5 Å². The molecule has 3 heterocycles. The average molecular weight is 600 g/mol. The first kappa shape index (κ1) is 31.7. The first-order valence-electron chi connectivity index (χ1n) is 15.6. The fourth-order valence-electron chi connectivity index (χ4n) is 7.83. The van der Waals surface area contributed by atoms with E-state index in [1.165, 1.54) is 0 Å². The van der Waals surface area contributed by atoms with Crippen molar-refractivity contribution in [2.45, 2.75) is 70.9 Å². The number of aryl methyl sites for hydroxylation is 2. The highest BCUT2D eigenvalue weighted by Crippen LogP contribution is 2.59. The molecule has 2 aromatic carbocycles. The Bertz CT molecular complexity index is 1400. The van der Waals surface area contributed by atoms with Crippen LogP contribution in [0.4, 0.5) is 5.69 Å². The molecule has 3 aliphatic heterocycles. The Morgan fingerprint density at radius 3 is 2.30 bits per heavy atom. The number of benzene rings is 2. The van der Waals surface area contributed by atoms with Crippen molar-refractivity contribution in [2.24, 2.45) is 17.8 Å². The van der Waals surface area contributed by atoms with Crippen molar-refractivity contribution in [2.75, 3.05) is 24.6 Å². The summed E-state index contributed by atoms with van der Waals surface area (Å²) in [4.78, 5) is 49.0. The molecule has 1 spiro atoms. The van der Waals surface area contributed by atoms with E-state index in [1.807, 2.05) is 76.2 Å². The maximum atomic E-state index is 14.9. The summed E-state index contributed by atoms with van der Waals surface area (Å²) in [7, 11) is 0. The van der Waals surface area contributed by atoms with Crippen LogP contribution in [0.1, 0.15) is 43.4 Å². The number of carbonyl (C=O) groups excluding carboxylic acids is 3. The summed E-state index contributed by atoms with van der Waals surface area (Å²) in [5.41, 5.74) is 2.43. The van der Waals surface area contributed by atoms with Gasteiger partial charge in [-0.1, -0.05) is 74.5 Å². The van der Waals surface area contributed by atoms with Crippen LogP contribution >= 0.6 is 0 Å². The molecular weight excluding hydrogens is 554 g/mol. The molecular formula is C36H45N3O5. The summed E-state index contributed by atoms with van der Waals surface area (Å²) in [5, 5.41) is 10.6. The molecule has 3 fully saturated rings. The quantitative estimate of drug-likeness (QED) is 0.365. The lowest BCUT2D eigenvalue weighted by molar-refractivity contribution is -0.148. The molecule has 3 aliphatic rings. The SMILES string of the molecule is C=CCN(Cc1ccccc1)C(=O)[C@@H]1[C@@H]2CCC3(O2)C(C(=O)N(CC=C)c2c(C)cccc2C)N([C@@H](CO)C(C)C)C(=O)[C@H]13. The molecule has 2 aromatic rings. The smallest absolute Gasteiger partial charge is 0.253 e. The number of nitrogens with zero attached hydrogens (tertiary/aromatic N) is 3. The Kier molecular flexibility index (Phi) is 9.14. The summed E-state index contributed by atoms with van der Waals surface area (Å²) < 4.78 is 6.74. The number of hydrogen-bond acceptors (Lipinski definition) is 5. The van der Waals surface area contributed by atoms with Gasteiger partial charge in [0.25, 0.3) is 5.91 Å². The fraction of sp³-hybridized carbons (Fsp3) is 0.472. The Balaban J connectivity index is 1.59. The van der Waals surface area contributed by atoms with Crippen LogP contribution in [0.25, 0.3) is 0 Å². The summed E-state index contributed by atoms with van der Waals surface area (Å²) in [6.07, 6.45) is 3.95. The Morgan fingerprint density at radius 2 is 1.70 bits per heavy atom. The number of hydrogen-bond donors (Lipinski definition) is 1. The number of fused-ring (bicyclic) bond motifs is 1. The van der Waals surface area contributed by atoms with Gasteiger partial charge in [0.15, 0.2) is 0 Å². The second kappa shape index (κ2) is 12.7. The second-order valence-corrected chi connectivity index (χ2v) is 12.8. The zero-order chi connectivity index (χ0) is 31.8. The van der Waals surface area contributed by atoms with E-state index in [2.05, 4.69) is 13.2 Å². The third kappa shape index (κ3) is 5.18. The van der Waals surface area contributed by atoms with Crippen LogP contribution in [0.2, 0.25) is 0 Å². The van der Waals surface area contributed by atoms with Crippen molar-refractivity contribution >= 4 is 23.4 Å². The standard InChI is InChI=1S/C36H45N3O5/c1-7-19-37(21-26-15-10-9-11-16-26)33(41)29-28-17-18-36(44-28)30(29)34(42)39(27(22-40)23(3)4)32(36)35(43)38(20-8-2)31-24(5)13-12-14-25(31)6/h7-16,23,27-30,32,40H,1-2,17-22H2,3-6H3/t27-,28-,29+,30-,32?,36?/m0/s1. The maximum Gasteiger partial charge on any atom is 0.253 e. The Morgan fingerprint density at radius 1 is 1.05 bits per heavy atom. The van der Waals surface area contributed by atoms with Crippen molar-refractivity contribution in [3.8, 4) is 0 Å². The zero-order valence-electron chi connectivity index (χ0n) is 26.3. The monoisotopic (exact) mass is 599 g/mol. The minimum absolute atomic E-state index is 0.135. The minimum Gasteiger partial charge on any atom is -0.394 e. The van der Waals surface area contributed by atoms with Crippen LogP contribution in [0, 0.1) is 31.6 Å². The molecule has 3 saturated heterocycles. The van der Waals surface area contributed by atoms with E-state index in [1.54, 1.807) is 26.9 Å². The maximum absolute atomic E-state index is 14.9. The third-order valence-corrected chi connectivity index (χ3v) is 9.74. The molecule has 5 rings (SSSR count). The van der Waals surface area contributed by atoms with E-state index < -0.39 is 35.6 Å². The normalized spacial score (nSPS) is 26.0. The van der Waals surface area contributed by atoms with Gasteiger partial charge in [0, 0.05) is 25.3 Å². The van der Waals surface area contributed by atoms with Crippen LogP contribution in [0.3, 0.4) is 0 Å². The van der Waals surface area contributed by atoms with Crippen LogP contribution in [-0.2, 0) is 25.7 Å². The first-order chi connectivity index (χ1) is 21.1. The Hall–Kier alpha value is -3.75. The van der Waals surface area contributed by atoms with Gasteiger partial charge in [-0.05, 0) is 49.3 Å².